The lowest BCUT2D eigenvalue weighted by atomic mass is 10.3. The highest BCUT2D eigenvalue weighted by atomic mass is 32.2. The molecule has 0 fully saturated rings. The van der Waals surface area contributed by atoms with Crippen molar-refractivity contribution >= 4 is 18.6 Å². The third-order valence-corrected chi connectivity index (χ3v) is 6.17. The minimum Gasteiger partial charge on any atom is -0.309 e. The predicted molar refractivity (Wildman–Crippen MR) is 85.8 cm³/mol. The van der Waals surface area contributed by atoms with Gasteiger partial charge in [0.15, 0.2) is 0 Å². The molecule has 0 rings (SSSR count). The summed E-state index contributed by atoms with van der Waals surface area (Å²) in [4.78, 5) is 0. The second kappa shape index (κ2) is 9.51. The Hall–Kier alpha value is 0.0500. The molecule has 2 atom stereocenters. The molecule has 0 radical (unpaired) electrons. The van der Waals surface area contributed by atoms with Gasteiger partial charge in [0.05, 0.1) is 35.1 Å². The molecule has 1 unspecified atom stereocenters. The van der Waals surface area contributed by atoms with Crippen LogP contribution in [-0.2, 0) is 24.6 Å². The van der Waals surface area contributed by atoms with E-state index < -0.39 is 41.7 Å². The molecule has 1 N–H and O–H groups in total. The molecule has 0 amide bonds. The van der Waals surface area contributed by atoms with Crippen LogP contribution in [0, 0.1) is 0 Å². The van der Waals surface area contributed by atoms with Gasteiger partial charge in [0.25, 0.3) is 0 Å². The number of alkyl halides is 3. The van der Waals surface area contributed by atoms with Gasteiger partial charge in [-0.3, -0.25) is 4.57 Å². The number of rotatable bonds is 10. The van der Waals surface area contributed by atoms with Gasteiger partial charge in [-0.2, -0.15) is 13.2 Å². The maximum atomic E-state index is 13.2. The molecule has 0 bridgehead atoms. The van der Waals surface area contributed by atoms with Crippen molar-refractivity contribution in [2.24, 2.45) is 0 Å². The molecule has 0 aliphatic carbocycles. The number of hydrogen-bond acceptors (Lipinski definition) is 4. The minimum absolute atomic E-state index is 0.0356. The summed E-state index contributed by atoms with van der Waals surface area (Å²) >= 11 is 0. The van der Waals surface area contributed by atoms with Gasteiger partial charge in [-0.25, -0.2) is 8.93 Å². The molecule has 10 heteroatoms. The third-order valence-electron chi connectivity index (χ3n) is 2.59. The molecule has 140 valence electrons. The lowest BCUT2D eigenvalue weighted by Gasteiger charge is -2.28. The van der Waals surface area contributed by atoms with Gasteiger partial charge in [-0.15, -0.1) is 0 Å². The topological polar surface area (TPSA) is 64.6 Å². The zero-order valence-corrected chi connectivity index (χ0v) is 15.9. The largest absolute Gasteiger partial charge is 0.405 e. The quantitative estimate of drug-likeness (QED) is 0.581. The van der Waals surface area contributed by atoms with Crippen molar-refractivity contribution in [3.05, 3.63) is 0 Å². The molecule has 5 nitrogen and oxygen atoms in total. The predicted octanol–water partition coefficient (Wildman–Crippen LogP) is 4.02. The lowest BCUT2D eigenvalue weighted by molar-refractivity contribution is -0.146. The normalized spacial score (nSPS) is 16.3. The molecule has 0 aromatic carbocycles. The van der Waals surface area contributed by atoms with Crippen molar-refractivity contribution in [2.75, 3.05) is 19.4 Å². The first-order valence-electron chi connectivity index (χ1n) is 7.48. The maximum Gasteiger partial charge on any atom is 0.405 e. The first kappa shape index (κ1) is 23.1. The summed E-state index contributed by atoms with van der Waals surface area (Å²) in [7, 11) is -5.89. The van der Waals surface area contributed by atoms with Crippen LogP contribution < -0.4 is 4.72 Å². The average molecular weight is 381 g/mol. The smallest absolute Gasteiger partial charge is 0.309 e. The van der Waals surface area contributed by atoms with Gasteiger partial charge in [0.1, 0.15) is 6.04 Å². The summed E-state index contributed by atoms with van der Waals surface area (Å²) in [6.07, 6.45) is -4.63. The molecular formula is C13H27F3NO4PS. The number of nitrogens with one attached hydrogen (secondary N) is 1. The molecule has 0 heterocycles. The Kier molecular flexibility index (Phi) is 9.53. The highest BCUT2D eigenvalue weighted by Crippen LogP contribution is 2.50. The first-order valence-corrected chi connectivity index (χ1v) is 10.4. The van der Waals surface area contributed by atoms with E-state index in [-0.39, 0.29) is 13.2 Å². The van der Waals surface area contributed by atoms with Crippen LogP contribution in [0.5, 0.6) is 0 Å². The number of hydrogen-bond donors (Lipinski definition) is 1. The first-order chi connectivity index (χ1) is 10.4. The SMILES string of the molecule is CCCOP(=O)(C[C@H](NS(=O)C(C)(C)C)C(F)(F)F)OCCC. The third kappa shape index (κ3) is 9.19. The minimum atomic E-state index is -4.72. The van der Waals surface area contributed by atoms with Gasteiger partial charge in [-0.1, -0.05) is 13.8 Å². The van der Waals surface area contributed by atoms with E-state index >= 15 is 0 Å². The Morgan fingerprint density at radius 1 is 1.09 bits per heavy atom. The Morgan fingerprint density at radius 3 is 1.83 bits per heavy atom. The molecule has 0 aliphatic heterocycles. The molecule has 0 aromatic heterocycles. The van der Waals surface area contributed by atoms with Gasteiger partial charge in [0.2, 0.25) is 0 Å². The van der Waals surface area contributed by atoms with E-state index in [1.165, 1.54) is 0 Å². The molecule has 0 spiro atoms. The van der Waals surface area contributed by atoms with E-state index in [1.807, 2.05) is 4.72 Å². The number of halogens is 3. The Morgan fingerprint density at radius 2 is 1.52 bits per heavy atom. The van der Waals surface area contributed by atoms with Crippen molar-refractivity contribution in [1.82, 2.24) is 4.72 Å². The van der Waals surface area contributed by atoms with Crippen molar-refractivity contribution < 1.29 is 31.0 Å². The van der Waals surface area contributed by atoms with Crippen LogP contribution in [0.1, 0.15) is 47.5 Å². The summed E-state index contributed by atoms with van der Waals surface area (Å²) in [5.74, 6) is 0. The molecule has 0 aromatic rings. The molecule has 0 saturated carbocycles. The van der Waals surface area contributed by atoms with Gasteiger partial charge >= 0.3 is 13.8 Å². The van der Waals surface area contributed by atoms with Gasteiger partial charge in [-0.05, 0) is 33.6 Å². The van der Waals surface area contributed by atoms with Crippen LogP contribution in [0.2, 0.25) is 0 Å². The zero-order valence-electron chi connectivity index (χ0n) is 14.2. The Labute approximate surface area is 138 Å². The van der Waals surface area contributed by atoms with Crippen LogP contribution in [-0.4, -0.2) is 40.5 Å². The van der Waals surface area contributed by atoms with E-state index in [0.29, 0.717) is 12.8 Å². The molecule has 0 aliphatic rings. The van der Waals surface area contributed by atoms with E-state index in [9.17, 15) is 21.9 Å². The summed E-state index contributed by atoms with van der Waals surface area (Å²) < 4.78 is 75.4. The summed E-state index contributed by atoms with van der Waals surface area (Å²) in [6.45, 7) is 8.21. The monoisotopic (exact) mass is 381 g/mol. The second-order valence-corrected chi connectivity index (χ2v) is 10.2. The van der Waals surface area contributed by atoms with E-state index in [1.54, 1.807) is 34.6 Å². The standard InChI is InChI=1S/C13H27F3NO4PS/c1-6-8-20-22(18,21-9-7-2)10-11(13(14,15)16)17-23(19)12(3,4)5/h11,17H,6-10H2,1-5H3/t11-,23?/m0/s1. The van der Waals surface area contributed by atoms with Crippen LogP contribution in [0.15, 0.2) is 0 Å². The van der Waals surface area contributed by atoms with Crippen molar-refractivity contribution in [3.8, 4) is 0 Å². The second-order valence-electron chi connectivity index (χ2n) is 6.05. The van der Waals surface area contributed by atoms with E-state index in [0.717, 1.165) is 0 Å². The van der Waals surface area contributed by atoms with Crippen LogP contribution >= 0.6 is 7.60 Å². The Bertz CT molecular complexity index is 414. The fraction of sp³-hybridized carbons (Fsp3) is 1.00. The highest BCUT2D eigenvalue weighted by molar-refractivity contribution is 7.84. The van der Waals surface area contributed by atoms with Gasteiger partial charge < -0.3 is 9.05 Å². The molecular weight excluding hydrogens is 354 g/mol. The fourth-order valence-electron chi connectivity index (χ4n) is 1.34. The van der Waals surface area contributed by atoms with E-state index in [4.69, 9.17) is 9.05 Å². The van der Waals surface area contributed by atoms with Crippen molar-refractivity contribution in [1.29, 1.82) is 0 Å². The maximum absolute atomic E-state index is 13.2. The zero-order chi connectivity index (χ0) is 18.3. The summed E-state index contributed by atoms with van der Waals surface area (Å²) in [5.41, 5.74) is 0. The Balaban J connectivity index is 5.22. The molecule has 23 heavy (non-hydrogen) atoms. The summed E-state index contributed by atoms with van der Waals surface area (Å²) in [6, 6.07) is -2.23. The van der Waals surface area contributed by atoms with E-state index in [2.05, 4.69) is 0 Å². The van der Waals surface area contributed by atoms with Crippen LogP contribution in [0.25, 0.3) is 0 Å². The van der Waals surface area contributed by atoms with Crippen LogP contribution in [0.4, 0.5) is 13.2 Å². The average Bonchev–Trinajstić information content (AvgIpc) is 2.40. The molecule has 0 saturated heterocycles. The fourth-order valence-corrected chi connectivity index (χ4v) is 4.25. The highest BCUT2D eigenvalue weighted by Gasteiger charge is 2.46. The lowest BCUT2D eigenvalue weighted by Crippen LogP contribution is -2.49. The van der Waals surface area contributed by atoms with Gasteiger partial charge in [0, 0.05) is 0 Å². The summed E-state index contributed by atoms with van der Waals surface area (Å²) in [5, 5.41) is 0. The van der Waals surface area contributed by atoms with Crippen LogP contribution in [0.3, 0.4) is 0 Å². The van der Waals surface area contributed by atoms with Crippen molar-refractivity contribution in [2.45, 2.75) is 64.4 Å². The van der Waals surface area contributed by atoms with Crippen molar-refractivity contribution in [3.63, 3.8) is 0 Å².